The molecule has 2 unspecified atom stereocenters. The summed E-state index contributed by atoms with van der Waals surface area (Å²) in [6, 6.07) is 9.64. The van der Waals surface area contributed by atoms with E-state index >= 15 is 0 Å². The van der Waals surface area contributed by atoms with E-state index in [4.69, 9.17) is 4.74 Å². The molecule has 2 N–H and O–H groups in total. The Morgan fingerprint density at radius 3 is 2.70 bits per heavy atom. The van der Waals surface area contributed by atoms with Crippen molar-refractivity contribution < 1.29 is 8.95 Å². The van der Waals surface area contributed by atoms with Gasteiger partial charge in [0.25, 0.3) is 0 Å². The molecule has 0 spiro atoms. The number of guanidine groups is 1. The van der Waals surface area contributed by atoms with Crippen molar-refractivity contribution in [3.63, 3.8) is 0 Å². The summed E-state index contributed by atoms with van der Waals surface area (Å²) in [5.41, 5.74) is 0. The first kappa shape index (κ1) is 16.7. The quantitative estimate of drug-likeness (QED) is 0.582. The fraction of sp³-hybridized carbons (Fsp3) is 0.500. The Hall–Kier alpha value is -1.40. The molecule has 0 aromatic heterocycles. The molecule has 0 amide bonds. The Morgan fingerprint density at radius 2 is 2.10 bits per heavy atom. The van der Waals surface area contributed by atoms with Gasteiger partial charge in [0.2, 0.25) is 0 Å². The summed E-state index contributed by atoms with van der Waals surface area (Å²) in [6.45, 7) is 3.22. The van der Waals surface area contributed by atoms with Crippen LogP contribution in [-0.2, 0) is 15.5 Å². The van der Waals surface area contributed by atoms with Crippen LogP contribution in [0.3, 0.4) is 0 Å². The Kier molecular flexibility index (Phi) is 7.91. The van der Waals surface area contributed by atoms with Crippen LogP contribution in [0.4, 0.5) is 0 Å². The van der Waals surface area contributed by atoms with Gasteiger partial charge in [-0.15, -0.1) is 0 Å². The van der Waals surface area contributed by atoms with Gasteiger partial charge in [0.1, 0.15) is 0 Å². The minimum absolute atomic E-state index is 0.172. The molecule has 0 radical (unpaired) electrons. The number of hydrogen-bond donors (Lipinski definition) is 2. The summed E-state index contributed by atoms with van der Waals surface area (Å²) in [7, 11) is 2.39. The highest BCUT2D eigenvalue weighted by molar-refractivity contribution is 7.85. The average molecular weight is 297 g/mol. The van der Waals surface area contributed by atoms with Crippen LogP contribution < -0.4 is 10.6 Å². The highest BCUT2D eigenvalue weighted by atomic mass is 32.2. The average Bonchev–Trinajstić information content (AvgIpc) is 2.47. The number of methoxy groups -OCH3 is 1. The van der Waals surface area contributed by atoms with E-state index in [1.54, 1.807) is 14.2 Å². The van der Waals surface area contributed by atoms with Gasteiger partial charge in [-0.3, -0.25) is 9.20 Å². The molecule has 0 fully saturated rings. The van der Waals surface area contributed by atoms with Gasteiger partial charge in [-0.1, -0.05) is 18.2 Å². The first-order chi connectivity index (χ1) is 9.67. The predicted molar refractivity (Wildman–Crippen MR) is 83.6 cm³/mol. The van der Waals surface area contributed by atoms with E-state index in [9.17, 15) is 4.21 Å². The summed E-state index contributed by atoms with van der Waals surface area (Å²) in [4.78, 5) is 4.97. The van der Waals surface area contributed by atoms with E-state index in [1.165, 1.54) is 0 Å². The molecular formula is C14H23N3O2S. The van der Waals surface area contributed by atoms with Crippen molar-refractivity contribution in [1.82, 2.24) is 10.6 Å². The van der Waals surface area contributed by atoms with Crippen molar-refractivity contribution in [2.45, 2.75) is 17.9 Å². The van der Waals surface area contributed by atoms with Gasteiger partial charge in [0.15, 0.2) is 5.96 Å². The molecule has 1 aromatic carbocycles. The van der Waals surface area contributed by atoms with Crippen LogP contribution in [0.15, 0.2) is 40.2 Å². The highest BCUT2D eigenvalue weighted by Crippen LogP contribution is 2.04. The molecule has 0 aliphatic rings. The van der Waals surface area contributed by atoms with Crippen molar-refractivity contribution in [2.75, 3.05) is 33.1 Å². The molecule has 0 aliphatic carbocycles. The third-order valence-corrected chi connectivity index (χ3v) is 3.98. The smallest absolute Gasteiger partial charge is 0.191 e. The molecule has 0 bridgehead atoms. The minimum Gasteiger partial charge on any atom is -0.383 e. The fourth-order valence-corrected chi connectivity index (χ4v) is 2.66. The zero-order valence-corrected chi connectivity index (χ0v) is 13.1. The molecule has 2 atom stereocenters. The molecule has 5 nitrogen and oxygen atoms in total. The van der Waals surface area contributed by atoms with Crippen LogP contribution in [0.5, 0.6) is 0 Å². The maximum Gasteiger partial charge on any atom is 0.191 e. The number of benzene rings is 1. The lowest BCUT2D eigenvalue weighted by Crippen LogP contribution is -2.44. The minimum atomic E-state index is -0.988. The molecule has 6 heteroatoms. The van der Waals surface area contributed by atoms with Crippen molar-refractivity contribution in [1.29, 1.82) is 0 Å². The molecular weight excluding hydrogens is 274 g/mol. The van der Waals surface area contributed by atoms with Crippen molar-refractivity contribution in [2.24, 2.45) is 4.99 Å². The topological polar surface area (TPSA) is 62.7 Å². The van der Waals surface area contributed by atoms with Gasteiger partial charge in [0, 0.05) is 37.4 Å². The van der Waals surface area contributed by atoms with E-state index in [0.717, 1.165) is 4.90 Å². The van der Waals surface area contributed by atoms with Gasteiger partial charge >= 0.3 is 0 Å². The number of nitrogens with one attached hydrogen (secondary N) is 2. The Labute approximate surface area is 123 Å². The van der Waals surface area contributed by atoms with Gasteiger partial charge < -0.3 is 15.4 Å². The van der Waals surface area contributed by atoms with Crippen LogP contribution in [-0.4, -0.2) is 49.3 Å². The zero-order chi connectivity index (χ0) is 14.8. The Balaban J connectivity index is 2.33. The molecule has 0 heterocycles. The second-order valence-electron chi connectivity index (χ2n) is 4.36. The van der Waals surface area contributed by atoms with Gasteiger partial charge in [-0.25, -0.2) is 0 Å². The first-order valence-corrected chi connectivity index (χ1v) is 7.88. The number of nitrogens with zero attached hydrogens (tertiary/aromatic N) is 1. The van der Waals surface area contributed by atoms with Crippen LogP contribution in [0, 0.1) is 0 Å². The van der Waals surface area contributed by atoms with Crippen LogP contribution in [0.25, 0.3) is 0 Å². The maximum atomic E-state index is 12.0. The Bertz CT molecular complexity index is 437. The summed E-state index contributed by atoms with van der Waals surface area (Å²) < 4.78 is 17.1. The molecule has 112 valence electrons. The standard InChI is InChI=1S/C14H23N3O2S/c1-12(11-19-3)17-14(15-2)16-9-10-20(18)13-7-5-4-6-8-13/h4-8,12H,9-11H2,1-3H3,(H2,15,16,17). The lowest BCUT2D eigenvalue weighted by Gasteiger charge is -2.17. The lowest BCUT2D eigenvalue weighted by molar-refractivity contribution is 0.179. The van der Waals surface area contributed by atoms with Gasteiger partial charge in [-0.05, 0) is 19.1 Å². The number of ether oxygens (including phenoxy) is 1. The SMILES string of the molecule is CN=C(NCCS(=O)c1ccccc1)NC(C)COC. The molecule has 0 saturated heterocycles. The Morgan fingerprint density at radius 1 is 1.40 bits per heavy atom. The summed E-state index contributed by atoms with van der Waals surface area (Å²) in [5.74, 6) is 1.24. The molecule has 1 aromatic rings. The fourth-order valence-electron chi connectivity index (χ4n) is 1.67. The lowest BCUT2D eigenvalue weighted by atomic mass is 10.4. The monoisotopic (exact) mass is 297 g/mol. The van der Waals surface area contributed by atoms with Crippen molar-refractivity contribution in [3.05, 3.63) is 30.3 Å². The van der Waals surface area contributed by atoms with Crippen LogP contribution in [0.1, 0.15) is 6.92 Å². The van der Waals surface area contributed by atoms with Crippen molar-refractivity contribution in [3.8, 4) is 0 Å². The molecule has 20 heavy (non-hydrogen) atoms. The maximum absolute atomic E-state index is 12.0. The van der Waals surface area contributed by atoms with Crippen molar-refractivity contribution >= 4 is 16.8 Å². The summed E-state index contributed by atoms with van der Waals surface area (Å²) in [6.07, 6.45) is 0. The van der Waals surface area contributed by atoms with E-state index < -0.39 is 10.8 Å². The second kappa shape index (κ2) is 9.50. The summed E-state index contributed by atoms with van der Waals surface area (Å²) >= 11 is 0. The normalized spacial score (nSPS) is 14.7. The number of hydrogen-bond acceptors (Lipinski definition) is 3. The zero-order valence-electron chi connectivity index (χ0n) is 12.3. The largest absolute Gasteiger partial charge is 0.383 e. The van der Waals surface area contributed by atoms with E-state index in [-0.39, 0.29) is 6.04 Å². The second-order valence-corrected chi connectivity index (χ2v) is 5.93. The molecule has 1 rings (SSSR count). The van der Waals surface area contributed by atoms with E-state index in [2.05, 4.69) is 15.6 Å². The number of rotatable bonds is 7. The molecule has 0 saturated carbocycles. The first-order valence-electron chi connectivity index (χ1n) is 6.57. The van der Waals surface area contributed by atoms with E-state index in [0.29, 0.717) is 24.9 Å². The van der Waals surface area contributed by atoms with Gasteiger partial charge in [0.05, 0.1) is 17.4 Å². The van der Waals surface area contributed by atoms with Crippen LogP contribution >= 0.6 is 0 Å². The van der Waals surface area contributed by atoms with Crippen LogP contribution in [0.2, 0.25) is 0 Å². The predicted octanol–water partition coefficient (Wildman–Crippen LogP) is 0.994. The third kappa shape index (κ3) is 6.16. The highest BCUT2D eigenvalue weighted by Gasteiger charge is 2.06. The number of aliphatic imine (C=N–C) groups is 1. The molecule has 0 aliphatic heterocycles. The van der Waals surface area contributed by atoms with Gasteiger partial charge in [-0.2, -0.15) is 0 Å². The van der Waals surface area contributed by atoms with E-state index in [1.807, 2.05) is 37.3 Å². The third-order valence-electron chi connectivity index (χ3n) is 2.61. The summed E-state index contributed by atoms with van der Waals surface area (Å²) in [5, 5.41) is 6.35.